The maximum atomic E-state index is 13.0. The summed E-state index contributed by atoms with van der Waals surface area (Å²) in [6.45, 7) is 6.59. The Morgan fingerprint density at radius 2 is 2.00 bits per heavy atom. The Balaban J connectivity index is 2.14. The number of aryl methyl sites for hydroxylation is 2. The van der Waals surface area contributed by atoms with Gasteiger partial charge in [-0.15, -0.1) is 0 Å². The first kappa shape index (κ1) is 24.9. The van der Waals surface area contributed by atoms with Crippen LogP contribution in [0.3, 0.4) is 0 Å². The van der Waals surface area contributed by atoms with Gasteiger partial charge in [-0.25, -0.2) is 18.1 Å². The van der Waals surface area contributed by atoms with Gasteiger partial charge in [-0.05, 0) is 52.6 Å². The topological polar surface area (TPSA) is 122 Å². The van der Waals surface area contributed by atoms with Crippen LogP contribution in [0.25, 0.3) is 22.4 Å². The molecule has 0 spiro atoms. The maximum absolute atomic E-state index is 13.0. The lowest BCUT2D eigenvalue weighted by molar-refractivity contribution is 0.341. The van der Waals surface area contributed by atoms with Gasteiger partial charge < -0.3 is 14.6 Å². The summed E-state index contributed by atoms with van der Waals surface area (Å²) in [6, 6.07) is 4.27. The summed E-state index contributed by atoms with van der Waals surface area (Å²) >= 11 is 0. The van der Waals surface area contributed by atoms with Crippen LogP contribution in [-0.4, -0.2) is 66.4 Å². The van der Waals surface area contributed by atoms with Gasteiger partial charge in [-0.2, -0.15) is 5.10 Å². The Kier molecular flexibility index (Phi) is 7.55. The van der Waals surface area contributed by atoms with Crippen LogP contribution in [0.5, 0.6) is 5.75 Å². The van der Waals surface area contributed by atoms with Crippen LogP contribution in [0.1, 0.15) is 32.9 Å². The minimum Gasteiger partial charge on any atom is -0.493 e. The Hall–Kier alpha value is -2.76. The Bertz CT molecular complexity index is 1300. The van der Waals surface area contributed by atoms with Crippen molar-refractivity contribution in [3.8, 4) is 17.1 Å². The van der Waals surface area contributed by atoms with Crippen molar-refractivity contribution in [3.63, 3.8) is 0 Å². The first-order valence-electron chi connectivity index (χ1n) is 11.0. The van der Waals surface area contributed by atoms with E-state index in [0.717, 1.165) is 12.1 Å². The molecule has 11 heteroatoms. The van der Waals surface area contributed by atoms with Crippen LogP contribution in [0.4, 0.5) is 0 Å². The third kappa shape index (κ3) is 5.43. The molecule has 3 rings (SSSR count). The highest BCUT2D eigenvalue weighted by Crippen LogP contribution is 2.31. The standard InChI is InChI=1S/C22H32N6O4S/c1-7-9-17-19-20(28(6)25-17)22(29)24-21(23-19)16-12-15(10-11-18(16)32-8-2)33(30,31)26-14(3)13-27(4)5/h10-12,14,26H,7-9,13H2,1-6H3,(H,23,24,29). The number of nitrogens with zero attached hydrogens (tertiary/aromatic N) is 4. The summed E-state index contributed by atoms with van der Waals surface area (Å²) in [5, 5.41) is 4.44. The molecule has 0 saturated heterocycles. The number of hydrogen-bond acceptors (Lipinski definition) is 7. The molecule has 0 bridgehead atoms. The Morgan fingerprint density at radius 1 is 1.27 bits per heavy atom. The van der Waals surface area contributed by atoms with Crippen LogP contribution in [0.2, 0.25) is 0 Å². The second kappa shape index (κ2) is 10.0. The van der Waals surface area contributed by atoms with Crippen LogP contribution >= 0.6 is 0 Å². The van der Waals surface area contributed by atoms with E-state index in [-0.39, 0.29) is 22.3 Å². The third-order valence-electron chi connectivity index (χ3n) is 5.06. The fourth-order valence-electron chi connectivity index (χ4n) is 3.84. The molecule has 0 aliphatic heterocycles. The summed E-state index contributed by atoms with van der Waals surface area (Å²) in [5.41, 5.74) is 1.66. The molecule has 2 aromatic heterocycles. The fraction of sp³-hybridized carbons (Fsp3) is 0.500. The van der Waals surface area contributed by atoms with Crippen molar-refractivity contribution in [2.75, 3.05) is 27.2 Å². The van der Waals surface area contributed by atoms with Crippen molar-refractivity contribution in [2.45, 2.75) is 44.6 Å². The van der Waals surface area contributed by atoms with Crippen LogP contribution in [0, 0.1) is 0 Å². The first-order chi connectivity index (χ1) is 15.6. The minimum absolute atomic E-state index is 0.0641. The second-order valence-corrected chi connectivity index (χ2v) is 10.0. The Morgan fingerprint density at radius 3 is 2.64 bits per heavy atom. The molecule has 0 amide bonds. The van der Waals surface area contributed by atoms with E-state index in [1.165, 1.54) is 16.8 Å². The van der Waals surface area contributed by atoms with Gasteiger partial charge in [0.25, 0.3) is 5.56 Å². The van der Waals surface area contributed by atoms with Crippen molar-refractivity contribution in [3.05, 3.63) is 34.2 Å². The number of benzene rings is 1. The van der Waals surface area contributed by atoms with Crippen molar-refractivity contribution in [2.24, 2.45) is 7.05 Å². The molecule has 1 atom stereocenters. The number of H-pyrrole nitrogens is 1. The molecule has 0 saturated carbocycles. The molecule has 0 aliphatic rings. The van der Waals surface area contributed by atoms with E-state index in [2.05, 4.69) is 19.8 Å². The number of aromatic amines is 1. The van der Waals surface area contributed by atoms with Gasteiger partial charge in [0, 0.05) is 19.6 Å². The van der Waals surface area contributed by atoms with Gasteiger partial charge in [-0.1, -0.05) is 13.3 Å². The zero-order valence-electron chi connectivity index (χ0n) is 20.0. The molecule has 1 unspecified atom stereocenters. The van der Waals surface area contributed by atoms with Gasteiger partial charge in [0.05, 0.1) is 22.8 Å². The van der Waals surface area contributed by atoms with Crippen LogP contribution in [0.15, 0.2) is 27.9 Å². The first-order valence-corrected chi connectivity index (χ1v) is 12.5. The molecule has 180 valence electrons. The zero-order valence-corrected chi connectivity index (χ0v) is 20.8. The van der Waals surface area contributed by atoms with Crippen molar-refractivity contribution in [1.29, 1.82) is 0 Å². The van der Waals surface area contributed by atoms with E-state index in [9.17, 15) is 13.2 Å². The van der Waals surface area contributed by atoms with Gasteiger partial charge in [0.15, 0.2) is 5.52 Å². The summed E-state index contributed by atoms with van der Waals surface area (Å²) in [7, 11) is 1.66. The van der Waals surface area contributed by atoms with E-state index >= 15 is 0 Å². The number of rotatable bonds is 10. The molecule has 0 aliphatic carbocycles. The molecule has 0 fully saturated rings. The van der Waals surface area contributed by atoms with E-state index in [1.807, 2.05) is 32.8 Å². The number of likely N-dealkylation sites (N-methyl/N-ethyl adjacent to an activating group) is 1. The van der Waals surface area contributed by atoms with E-state index < -0.39 is 10.0 Å². The smallest absolute Gasteiger partial charge is 0.277 e. The van der Waals surface area contributed by atoms with E-state index in [1.54, 1.807) is 20.0 Å². The molecule has 10 nitrogen and oxygen atoms in total. The van der Waals surface area contributed by atoms with Crippen molar-refractivity contribution >= 4 is 21.1 Å². The van der Waals surface area contributed by atoms with Gasteiger partial charge in [0.2, 0.25) is 10.0 Å². The number of ether oxygens (including phenoxy) is 1. The van der Waals surface area contributed by atoms with Crippen molar-refractivity contribution in [1.82, 2.24) is 29.4 Å². The molecule has 33 heavy (non-hydrogen) atoms. The predicted molar refractivity (Wildman–Crippen MR) is 128 cm³/mol. The van der Waals surface area contributed by atoms with E-state index in [0.29, 0.717) is 41.9 Å². The predicted octanol–water partition coefficient (Wildman–Crippen LogP) is 1.90. The quantitative estimate of drug-likeness (QED) is 0.458. The number of aromatic nitrogens is 4. The largest absolute Gasteiger partial charge is 0.493 e. The third-order valence-corrected chi connectivity index (χ3v) is 6.65. The van der Waals surface area contributed by atoms with Crippen molar-refractivity contribution < 1.29 is 13.2 Å². The number of sulfonamides is 1. The van der Waals surface area contributed by atoms with Crippen LogP contribution in [-0.2, 0) is 23.5 Å². The summed E-state index contributed by atoms with van der Waals surface area (Å²) in [5.74, 6) is 0.668. The zero-order chi connectivity index (χ0) is 24.3. The van der Waals surface area contributed by atoms with Gasteiger partial charge in [-0.3, -0.25) is 9.48 Å². The Labute approximate surface area is 194 Å². The highest BCUT2D eigenvalue weighted by Gasteiger charge is 2.22. The van der Waals surface area contributed by atoms with Crippen LogP contribution < -0.4 is 15.0 Å². The highest BCUT2D eigenvalue weighted by atomic mass is 32.2. The average Bonchev–Trinajstić information content (AvgIpc) is 3.03. The fourth-order valence-corrected chi connectivity index (χ4v) is 5.10. The normalized spacial score (nSPS) is 13.1. The molecule has 2 N–H and O–H groups in total. The molecule has 0 radical (unpaired) electrons. The monoisotopic (exact) mass is 476 g/mol. The molecular formula is C22H32N6O4S. The summed E-state index contributed by atoms with van der Waals surface area (Å²) < 4.78 is 36.0. The van der Waals surface area contributed by atoms with Gasteiger partial charge >= 0.3 is 0 Å². The lowest BCUT2D eigenvalue weighted by Gasteiger charge is -2.19. The van der Waals surface area contributed by atoms with Gasteiger partial charge in [0.1, 0.15) is 17.1 Å². The number of hydrogen-bond donors (Lipinski definition) is 2. The number of nitrogens with one attached hydrogen (secondary N) is 2. The van der Waals surface area contributed by atoms with E-state index in [4.69, 9.17) is 4.74 Å². The summed E-state index contributed by atoms with van der Waals surface area (Å²) in [6.07, 6.45) is 1.53. The molecule has 1 aromatic carbocycles. The molecule has 2 heterocycles. The average molecular weight is 477 g/mol. The lowest BCUT2D eigenvalue weighted by atomic mass is 10.1. The molecule has 3 aromatic rings. The molecular weight excluding hydrogens is 444 g/mol. The maximum Gasteiger partial charge on any atom is 0.277 e. The highest BCUT2D eigenvalue weighted by molar-refractivity contribution is 7.89. The minimum atomic E-state index is -3.80. The summed E-state index contributed by atoms with van der Waals surface area (Å²) in [4.78, 5) is 22.3. The SMILES string of the molecule is CCCc1nn(C)c2c(=O)[nH]c(-c3cc(S(=O)(=O)NC(C)CN(C)C)ccc3OCC)nc12. The number of fused-ring (bicyclic) bond motifs is 1. The second-order valence-electron chi connectivity index (χ2n) is 8.31. The lowest BCUT2D eigenvalue weighted by Crippen LogP contribution is -2.39.